The Morgan fingerprint density at radius 1 is 1.08 bits per heavy atom. The fourth-order valence-corrected chi connectivity index (χ4v) is 7.68. The number of aromatic nitrogens is 1. The van der Waals surface area contributed by atoms with Gasteiger partial charge in [0.1, 0.15) is 0 Å². The zero-order valence-corrected chi connectivity index (χ0v) is 23.0. The Morgan fingerprint density at radius 2 is 1.74 bits per heavy atom. The van der Waals surface area contributed by atoms with Crippen LogP contribution in [-0.4, -0.2) is 56.2 Å². The van der Waals surface area contributed by atoms with Gasteiger partial charge in [-0.3, -0.25) is 9.59 Å². The Kier molecular flexibility index (Phi) is 7.30. The lowest BCUT2D eigenvalue weighted by Gasteiger charge is -2.34. The van der Waals surface area contributed by atoms with Gasteiger partial charge in [-0.05, 0) is 42.5 Å². The zero-order chi connectivity index (χ0) is 27.0. The predicted octanol–water partition coefficient (Wildman–Crippen LogP) is 3.40. The summed E-state index contributed by atoms with van der Waals surface area (Å²) in [6, 6.07) is 9.50. The lowest BCUT2D eigenvalue weighted by molar-refractivity contribution is -0.140. The number of hydrogen-bond donors (Lipinski definition) is 0. The maximum atomic E-state index is 13.2. The smallest absolute Gasteiger partial charge is 0.307 e. The number of hydrogen-bond acceptors (Lipinski definition) is 8. The Morgan fingerprint density at radius 3 is 2.39 bits per heavy atom. The van der Waals surface area contributed by atoms with E-state index in [-0.39, 0.29) is 36.2 Å². The second-order valence-electron chi connectivity index (χ2n) is 9.75. The number of sulfonamides is 1. The molecule has 2 aliphatic rings. The molecule has 10 nitrogen and oxygen atoms in total. The van der Waals surface area contributed by atoms with E-state index in [1.807, 2.05) is 6.07 Å². The van der Waals surface area contributed by atoms with E-state index in [0.29, 0.717) is 41.2 Å². The van der Waals surface area contributed by atoms with Crippen LogP contribution < -0.4 is 14.3 Å². The van der Waals surface area contributed by atoms with Crippen LogP contribution in [0.5, 0.6) is 11.5 Å². The van der Waals surface area contributed by atoms with Crippen LogP contribution in [0.15, 0.2) is 46.3 Å². The molecule has 38 heavy (non-hydrogen) atoms. The average molecular weight is 560 g/mol. The monoisotopic (exact) mass is 559 g/mol. The van der Waals surface area contributed by atoms with Gasteiger partial charge in [0, 0.05) is 37.3 Å². The molecule has 0 saturated carbocycles. The van der Waals surface area contributed by atoms with Crippen molar-refractivity contribution >= 4 is 43.5 Å². The average Bonchev–Trinajstić information content (AvgIpc) is 3.48. The molecule has 0 bridgehead atoms. The number of amides is 1. The van der Waals surface area contributed by atoms with Crippen molar-refractivity contribution in [2.24, 2.45) is 16.8 Å². The number of piperidine rings is 1. The number of methoxy groups -OCH3 is 1. The lowest BCUT2D eigenvalue weighted by Crippen LogP contribution is -2.42. The summed E-state index contributed by atoms with van der Waals surface area (Å²) in [5.41, 5.74) is 1.01. The first-order chi connectivity index (χ1) is 18.2. The van der Waals surface area contributed by atoms with Crippen molar-refractivity contribution in [3.63, 3.8) is 0 Å². The highest BCUT2D eigenvalue weighted by Crippen LogP contribution is 2.37. The van der Waals surface area contributed by atoms with Gasteiger partial charge in [-0.1, -0.05) is 25.2 Å². The first-order valence-corrected chi connectivity index (χ1v) is 14.6. The quantitative estimate of drug-likeness (QED) is 0.425. The number of thiazole rings is 1. The molecule has 0 N–H and O–H groups in total. The molecule has 3 heterocycles. The summed E-state index contributed by atoms with van der Waals surface area (Å²) in [4.78, 5) is 29.8. The Labute approximate surface area is 224 Å². The first kappa shape index (κ1) is 26.4. The van der Waals surface area contributed by atoms with E-state index in [1.54, 1.807) is 10.6 Å². The van der Waals surface area contributed by atoms with Gasteiger partial charge >= 0.3 is 5.97 Å². The third-order valence-corrected chi connectivity index (χ3v) is 9.60. The Bertz CT molecular complexity index is 1550. The zero-order valence-electron chi connectivity index (χ0n) is 21.4. The van der Waals surface area contributed by atoms with E-state index in [0.717, 1.165) is 16.6 Å². The molecule has 0 aliphatic carbocycles. The van der Waals surface area contributed by atoms with E-state index in [2.05, 4.69) is 18.8 Å². The second kappa shape index (κ2) is 10.5. The van der Waals surface area contributed by atoms with Crippen LogP contribution in [0, 0.1) is 11.8 Å². The van der Waals surface area contributed by atoms with Crippen molar-refractivity contribution in [2.75, 3.05) is 27.0 Å². The molecule has 3 aromatic rings. The molecule has 1 fully saturated rings. The highest BCUT2D eigenvalue weighted by Gasteiger charge is 2.31. The Hall–Kier alpha value is -3.22. The fraction of sp³-hybridized carbons (Fsp3) is 0.423. The molecule has 0 spiro atoms. The Balaban J connectivity index is 1.45. The number of nitrogens with zero attached hydrogens (tertiary/aromatic N) is 3. The molecule has 2 aliphatic heterocycles. The van der Waals surface area contributed by atoms with E-state index < -0.39 is 15.9 Å². The number of fused-ring (bicyclic) bond motifs is 2. The van der Waals surface area contributed by atoms with Gasteiger partial charge in [0.25, 0.3) is 5.91 Å². The van der Waals surface area contributed by atoms with Crippen molar-refractivity contribution < 1.29 is 32.2 Å². The maximum Gasteiger partial charge on any atom is 0.307 e. The van der Waals surface area contributed by atoms with Crippen LogP contribution in [0.1, 0.15) is 37.0 Å². The van der Waals surface area contributed by atoms with Crippen molar-refractivity contribution in [1.82, 2.24) is 8.87 Å². The molecule has 202 valence electrons. The molecule has 1 aromatic heterocycles. The van der Waals surface area contributed by atoms with E-state index >= 15 is 0 Å². The number of aryl methyl sites for hydroxylation is 1. The molecule has 5 rings (SSSR count). The lowest BCUT2D eigenvalue weighted by atomic mass is 9.94. The largest absolute Gasteiger partial charge is 0.469 e. The summed E-state index contributed by atoms with van der Waals surface area (Å²) >= 11 is 1.28. The number of ether oxygens (including phenoxy) is 3. The summed E-state index contributed by atoms with van der Waals surface area (Å²) in [5, 5.41) is 0. The normalized spacial score (nSPS) is 20.1. The molecular weight excluding hydrogens is 530 g/mol. The summed E-state index contributed by atoms with van der Waals surface area (Å²) in [6.07, 6.45) is 1.10. The summed E-state index contributed by atoms with van der Waals surface area (Å²) in [6.45, 7) is 5.47. The van der Waals surface area contributed by atoms with Crippen LogP contribution in [-0.2, 0) is 26.1 Å². The second-order valence-corrected chi connectivity index (χ2v) is 12.7. The third-order valence-electron chi connectivity index (χ3n) is 6.72. The number of carbonyl (C=O) groups is 2. The minimum Gasteiger partial charge on any atom is -0.469 e. The van der Waals surface area contributed by atoms with E-state index in [4.69, 9.17) is 14.2 Å². The minimum absolute atomic E-state index is 0.0957. The van der Waals surface area contributed by atoms with E-state index in [9.17, 15) is 18.0 Å². The molecule has 2 atom stereocenters. The molecule has 2 aromatic carbocycles. The van der Waals surface area contributed by atoms with Crippen molar-refractivity contribution in [3.05, 3.63) is 46.8 Å². The highest BCUT2D eigenvalue weighted by atomic mass is 32.2. The molecule has 12 heteroatoms. The van der Waals surface area contributed by atoms with Crippen molar-refractivity contribution in [2.45, 2.75) is 38.1 Å². The van der Waals surface area contributed by atoms with Crippen molar-refractivity contribution in [3.8, 4) is 11.5 Å². The molecule has 1 amide bonds. The highest BCUT2D eigenvalue weighted by molar-refractivity contribution is 7.89. The summed E-state index contributed by atoms with van der Waals surface area (Å²) in [7, 11) is -2.33. The number of benzene rings is 2. The summed E-state index contributed by atoms with van der Waals surface area (Å²) in [5.74, 6) is 0.858. The molecular formula is C26H29N3O7S2. The van der Waals surface area contributed by atoms with Gasteiger partial charge in [0.05, 0.1) is 28.6 Å². The van der Waals surface area contributed by atoms with Gasteiger partial charge in [-0.15, -0.1) is 0 Å². The predicted molar refractivity (Wildman–Crippen MR) is 141 cm³/mol. The van der Waals surface area contributed by atoms with Gasteiger partial charge in [0.2, 0.25) is 16.8 Å². The summed E-state index contributed by atoms with van der Waals surface area (Å²) < 4.78 is 46.2. The number of esters is 1. The SMILES string of the molecule is COC(=O)CCn1c(=NC(=O)c2ccc(S(=O)(=O)N3CC(C)CC(C)C3)cc2)sc2cc3c(cc21)OCO3. The van der Waals surface area contributed by atoms with Gasteiger partial charge < -0.3 is 18.8 Å². The van der Waals surface area contributed by atoms with Gasteiger partial charge in [-0.25, -0.2) is 8.42 Å². The minimum atomic E-state index is -3.65. The number of carbonyl (C=O) groups excluding carboxylic acids is 2. The first-order valence-electron chi connectivity index (χ1n) is 12.3. The van der Waals surface area contributed by atoms with Crippen LogP contribution in [0.3, 0.4) is 0 Å². The van der Waals surface area contributed by atoms with Crippen LogP contribution >= 0.6 is 11.3 Å². The van der Waals surface area contributed by atoms with Crippen LogP contribution in [0.4, 0.5) is 0 Å². The maximum absolute atomic E-state index is 13.2. The molecule has 1 saturated heterocycles. The number of rotatable bonds is 6. The topological polar surface area (TPSA) is 117 Å². The van der Waals surface area contributed by atoms with Crippen LogP contribution in [0.2, 0.25) is 0 Å². The van der Waals surface area contributed by atoms with E-state index in [1.165, 1.54) is 47.0 Å². The standard InChI is InChI=1S/C26H29N3O7S2/c1-16-10-17(2)14-28(13-16)38(32,33)19-6-4-18(5-7-19)25(31)27-26-29(9-8-24(30)34-3)20-11-21-22(36-15-35-21)12-23(20)37-26/h4-7,11-12,16-17H,8-10,13-15H2,1-3H3. The third kappa shape index (κ3) is 5.20. The molecule has 0 radical (unpaired) electrons. The van der Waals surface area contributed by atoms with Gasteiger partial charge in [-0.2, -0.15) is 9.30 Å². The fourth-order valence-electron chi connectivity index (χ4n) is 4.94. The molecule has 2 unspecified atom stereocenters. The van der Waals surface area contributed by atoms with Crippen molar-refractivity contribution in [1.29, 1.82) is 0 Å². The van der Waals surface area contributed by atoms with Gasteiger partial charge in [0.15, 0.2) is 16.3 Å². The van der Waals surface area contributed by atoms with Crippen LogP contribution in [0.25, 0.3) is 10.2 Å².